The van der Waals surface area contributed by atoms with Gasteiger partial charge in [0.2, 0.25) is 0 Å². The standard InChI is InChI=1S/C25H33N3O3/c29-24(30)16-21(19-6-2-1-3-7-19)18-31-23-9-5-14-28(17-23)15-12-22-11-10-20-8-4-13-26-25(20)27-22/h1-3,6-7,10-11,21,23H,4-5,8-9,12-18H2,(H,26,27)(H,29,30)/t21?,23-/m1/s1. The van der Waals surface area contributed by atoms with Crippen LogP contribution in [0.25, 0.3) is 0 Å². The summed E-state index contributed by atoms with van der Waals surface area (Å²) in [6, 6.07) is 14.2. The van der Waals surface area contributed by atoms with Crippen LogP contribution >= 0.6 is 0 Å². The predicted octanol–water partition coefficient (Wildman–Crippen LogP) is 3.72. The first-order valence-electron chi connectivity index (χ1n) is 11.5. The van der Waals surface area contributed by atoms with Crippen LogP contribution in [0, 0.1) is 0 Å². The van der Waals surface area contributed by atoms with Crippen LogP contribution in [0.1, 0.15) is 48.4 Å². The molecule has 6 nitrogen and oxygen atoms in total. The molecule has 166 valence electrons. The maximum atomic E-state index is 11.3. The maximum absolute atomic E-state index is 11.3. The summed E-state index contributed by atoms with van der Waals surface area (Å²) in [6.45, 7) is 4.42. The van der Waals surface area contributed by atoms with Gasteiger partial charge in [0.05, 0.1) is 19.1 Å². The summed E-state index contributed by atoms with van der Waals surface area (Å²) in [6.07, 6.45) is 5.64. The lowest BCUT2D eigenvalue weighted by Crippen LogP contribution is -2.41. The zero-order valence-corrected chi connectivity index (χ0v) is 18.1. The molecule has 0 bridgehead atoms. The normalized spacial score (nSPS) is 19.9. The molecule has 1 unspecified atom stereocenters. The number of nitrogens with one attached hydrogen (secondary N) is 1. The maximum Gasteiger partial charge on any atom is 0.304 e. The second-order valence-corrected chi connectivity index (χ2v) is 8.69. The fourth-order valence-electron chi connectivity index (χ4n) is 4.59. The number of rotatable bonds is 9. The highest BCUT2D eigenvalue weighted by Crippen LogP contribution is 2.23. The van der Waals surface area contributed by atoms with Gasteiger partial charge in [-0.3, -0.25) is 4.79 Å². The molecule has 2 atom stereocenters. The Morgan fingerprint density at radius 2 is 2.10 bits per heavy atom. The second kappa shape index (κ2) is 10.7. The number of fused-ring (bicyclic) bond motifs is 1. The first-order valence-corrected chi connectivity index (χ1v) is 11.5. The number of carbonyl (C=O) groups is 1. The SMILES string of the molecule is O=C(O)CC(CO[C@@H]1CCCN(CCc2ccc3c(n2)NCCC3)C1)c1ccccc1. The molecule has 1 aromatic heterocycles. The van der Waals surface area contributed by atoms with Gasteiger partial charge in [-0.2, -0.15) is 0 Å². The summed E-state index contributed by atoms with van der Waals surface area (Å²) in [5, 5.41) is 12.7. The number of carboxylic acid groups (broad SMARTS) is 1. The van der Waals surface area contributed by atoms with Gasteiger partial charge in [0.15, 0.2) is 0 Å². The number of carboxylic acids is 1. The third-order valence-corrected chi connectivity index (χ3v) is 6.32. The lowest BCUT2D eigenvalue weighted by Gasteiger charge is -2.33. The molecule has 0 aliphatic carbocycles. The van der Waals surface area contributed by atoms with Crippen LogP contribution < -0.4 is 5.32 Å². The summed E-state index contributed by atoms with van der Waals surface area (Å²) in [5.41, 5.74) is 3.50. The molecule has 2 aliphatic rings. The van der Waals surface area contributed by atoms with Crippen molar-refractivity contribution < 1.29 is 14.6 Å². The largest absolute Gasteiger partial charge is 0.481 e. The number of aromatic nitrogens is 1. The van der Waals surface area contributed by atoms with Crippen molar-refractivity contribution in [2.75, 3.05) is 38.1 Å². The first-order chi connectivity index (χ1) is 15.2. The van der Waals surface area contributed by atoms with Crippen molar-refractivity contribution in [3.8, 4) is 0 Å². The molecule has 4 rings (SSSR count). The lowest BCUT2D eigenvalue weighted by atomic mass is 9.96. The Balaban J connectivity index is 1.27. The van der Waals surface area contributed by atoms with Gasteiger partial charge in [-0.05, 0) is 49.4 Å². The minimum Gasteiger partial charge on any atom is -0.481 e. The van der Waals surface area contributed by atoms with Crippen LogP contribution in [-0.4, -0.2) is 59.8 Å². The highest BCUT2D eigenvalue weighted by Gasteiger charge is 2.23. The third kappa shape index (κ3) is 6.28. The fraction of sp³-hybridized carbons (Fsp3) is 0.520. The zero-order chi connectivity index (χ0) is 21.5. The highest BCUT2D eigenvalue weighted by molar-refractivity contribution is 5.68. The number of benzene rings is 1. The van der Waals surface area contributed by atoms with E-state index >= 15 is 0 Å². The van der Waals surface area contributed by atoms with Crippen LogP contribution in [0.5, 0.6) is 0 Å². The molecular formula is C25H33N3O3. The Kier molecular flexibility index (Phi) is 7.54. The monoisotopic (exact) mass is 423 g/mol. The van der Waals surface area contributed by atoms with Gasteiger partial charge < -0.3 is 20.1 Å². The number of nitrogens with zero attached hydrogens (tertiary/aromatic N) is 2. The molecule has 0 radical (unpaired) electrons. The second-order valence-electron chi connectivity index (χ2n) is 8.69. The van der Waals surface area contributed by atoms with Crippen LogP contribution in [0.2, 0.25) is 0 Å². The van der Waals surface area contributed by atoms with E-state index in [2.05, 4.69) is 22.3 Å². The molecule has 31 heavy (non-hydrogen) atoms. The van der Waals surface area contributed by atoms with Crippen LogP contribution in [0.4, 0.5) is 5.82 Å². The van der Waals surface area contributed by atoms with E-state index in [1.807, 2.05) is 30.3 Å². The number of hydrogen-bond donors (Lipinski definition) is 2. The topological polar surface area (TPSA) is 74.7 Å². The Morgan fingerprint density at radius 1 is 1.23 bits per heavy atom. The van der Waals surface area contributed by atoms with Crippen molar-refractivity contribution in [2.45, 2.75) is 50.5 Å². The molecule has 2 aliphatic heterocycles. The molecule has 0 saturated carbocycles. The molecule has 6 heteroatoms. The van der Waals surface area contributed by atoms with E-state index in [1.54, 1.807) is 0 Å². The minimum atomic E-state index is -0.783. The average Bonchev–Trinajstić information content (AvgIpc) is 2.81. The summed E-state index contributed by atoms with van der Waals surface area (Å²) in [7, 11) is 0. The minimum absolute atomic E-state index is 0.0957. The number of hydrogen-bond acceptors (Lipinski definition) is 5. The van der Waals surface area contributed by atoms with Crippen molar-refractivity contribution in [1.82, 2.24) is 9.88 Å². The molecule has 3 heterocycles. The number of likely N-dealkylation sites (tertiary alicyclic amines) is 1. The van der Waals surface area contributed by atoms with Crippen molar-refractivity contribution in [3.63, 3.8) is 0 Å². The van der Waals surface area contributed by atoms with E-state index < -0.39 is 5.97 Å². The lowest BCUT2D eigenvalue weighted by molar-refractivity contribution is -0.138. The van der Waals surface area contributed by atoms with E-state index in [0.29, 0.717) is 6.61 Å². The Hall–Kier alpha value is -2.44. The number of aryl methyl sites for hydroxylation is 1. The fourth-order valence-corrected chi connectivity index (χ4v) is 4.59. The number of anilines is 1. The van der Waals surface area contributed by atoms with Gasteiger partial charge in [0.25, 0.3) is 0 Å². The summed E-state index contributed by atoms with van der Waals surface area (Å²) < 4.78 is 6.23. The van der Waals surface area contributed by atoms with Gasteiger partial charge in [0, 0.05) is 37.7 Å². The first kappa shape index (κ1) is 21.8. The Bertz CT molecular complexity index is 858. The molecule has 2 N–H and O–H groups in total. The average molecular weight is 424 g/mol. The van der Waals surface area contributed by atoms with E-state index in [0.717, 1.165) is 68.9 Å². The summed E-state index contributed by atoms with van der Waals surface area (Å²) in [4.78, 5) is 18.6. The Morgan fingerprint density at radius 3 is 2.94 bits per heavy atom. The number of piperidine rings is 1. The van der Waals surface area contributed by atoms with Gasteiger partial charge in [-0.15, -0.1) is 0 Å². The molecular weight excluding hydrogens is 390 g/mol. The van der Waals surface area contributed by atoms with Gasteiger partial charge in [-0.25, -0.2) is 4.98 Å². The van der Waals surface area contributed by atoms with E-state index in [4.69, 9.17) is 9.72 Å². The van der Waals surface area contributed by atoms with Crippen molar-refractivity contribution in [1.29, 1.82) is 0 Å². The molecule has 1 aromatic carbocycles. The van der Waals surface area contributed by atoms with Gasteiger partial charge in [-0.1, -0.05) is 36.4 Å². The number of ether oxygens (including phenoxy) is 1. The highest BCUT2D eigenvalue weighted by atomic mass is 16.5. The number of pyridine rings is 1. The van der Waals surface area contributed by atoms with Gasteiger partial charge in [0.1, 0.15) is 5.82 Å². The molecule has 1 fully saturated rings. The van der Waals surface area contributed by atoms with E-state index in [9.17, 15) is 9.90 Å². The number of aliphatic carboxylic acids is 1. The third-order valence-electron chi connectivity index (χ3n) is 6.32. The summed E-state index contributed by atoms with van der Waals surface area (Å²) in [5.74, 6) is 0.171. The predicted molar refractivity (Wildman–Crippen MR) is 122 cm³/mol. The van der Waals surface area contributed by atoms with Crippen molar-refractivity contribution in [2.24, 2.45) is 0 Å². The van der Waals surface area contributed by atoms with E-state index in [-0.39, 0.29) is 18.4 Å². The van der Waals surface area contributed by atoms with Crippen LogP contribution in [0.15, 0.2) is 42.5 Å². The van der Waals surface area contributed by atoms with Gasteiger partial charge >= 0.3 is 5.97 Å². The molecule has 2 aromatic rings. The zero-order valence-electron chi connectivity index (χ0n) is 18.1. The molecule has 1 saturated heterocycles. The molecule has 0 spiro atoms. The van der Waals surface area contributed by atoms with Crippen molar-refractivity contribution >= 4 is 11.8 Å². The molecule has 0 amide bonds. The smallest absolute Gasteiger partial charge is 0.304 e. The Labute approximate surface area is 184 Å². The van der Waals surface area contributed by atoms with Crippen LogP contribution in [-0.2, 0) is 22.4 Å². The summed E-state index contributed by atoms with van der Waals surface area (Å²) >= 11 is 0. The van der Waals surface area contributed by atoms with E-state index in [1.165, 1.54) is 12.0 Å². The quantitative estimate of drug-likeness (QED) is 0.640. The van der Waals surface area contributed by atoms with Crippen LogP contribution in [0.3, 0.4) is 0 Å². The van der Waals surface area contributed by atoms with Crippen molar-refractivity contribution in [3.05, 3.63) is 59.3 Å².